The first-order chi connectivity index (χ1) is 12.5. The van der Waals surface area contributed by atoms with Gasteiger partial charge in [-0.1, -0.05) is 28.1 Å². The monoisotopic (exact) mass is 413 g/mol. The average molecular weight is 414 g/mol. The molecule has 1 saturated heterocycles. The van der Waals surface area contributed by atoms with E-state index in [1.165, 1.54) is 0 Å². The van der Waals surface area contributed by atoms with Crippen LogP contribution in [0.5, 0.6) is 0 Å². The molecule has 0 saturated carbocycles. The number of rotatable bonds is 2. The second-order valence-electron chi connectivity index (χ2n) is 6.68. The van der Waals surface area contributed by atoms with Crippen LogP contribution in [0, 0.1) is 6.92 Å². The van der Waals surface area contributed by atoms with Crippen molar-refractivity contribution in [2.24, 2.45) is 0 Å². The van der Waals surface area contributed by atoms with Gasteiger partial charge in [-0.15, -0.1) is 0 Å². The third-order valence-electron chi connectivity index (χ3n) is 4.85. The summed E-state index contributed by atoms with van der Waals surface area (Å²) >= 11 is 3.46. The molecule has 1 aliphatic rings. The number of hydrogen-bond donors (Lipinski definition) is 0. The lowest BCUT2D eigenvalue weighted by Crippen LogP contribution is -2.48. The van der Waals surface area contributed by atoms with Gasteiger partial charge in [0.05, 0.1) is 12.6 Å². The Morgan fingerprint density at radius 1 is 1.27 bits per heavy atom. The molecule has 6 heteroatoms. The number of pyridine rings is 1. The molecule has 0 aliphatic carbocycles. The number of fused-ring (bicyclic) bond motifs is 1. The smallest absolute Gasteiger partial charge is 0.274 e. The molecule has 3 aromatic rings. The van der Waals surface area contributed by atoms with Crippen LogP contribution in [-0.4, -0.2) is 39.4 Å². The predicted molar refractivity (Wildman–Crippen MR) is 103 cm³/mol. The summed E-state index contributed by atoms with van der Waals surface area (Å²) in [4.78, 5) is 19.5. The van der Waals surface area contributed by atoms with Gasteiger partial charge in [-0.2, -0.15) is 0 Å². The van der Waals surface area contributed by atoms with E-state index in [0.29, 0.717) is 18.8 Å². The minimum Gasteiger partial charge on any atom is -0.370 e. The molecule has 2 atom stereocenters. The molecular weight excluding hydrogens is 394 g/mol. The SMILES string of the molecule is Cc1ccn2cc(C(=O)N3CCO[C@@H](c4ccc(Br)cc4)[C@@H]3C)nc2c1. The first-order valence-corrected chi connectivity index (χ1v) is 9.45. The summed E-state index contributed by atoms with van der Waals surface area (Å²) in [5.74, 6) is -0.0516. The molecule has 1 aromatic carbocycles. The zero-order chi connectivity index (χ0) is 18.3. The molecule has 5 nitrogen and oxygen atoms in total. The Balaban J connectivity index is 1.60. The Morgan fingerprint density at radius 3 is 2.81 bits per heavy atom. The summed E-state index contributed by atoms with van der Waals surface area (Å²) in [6, 6.07) is 12.0. The topological polar surface area (TPSA) is 46.8 Å². The summed E-state index contributed by atoms with van der Waals surface area (Å²) in [6.45, 7) is 5.13. The lowest BCUT2D eigenvalue weighted by atomic mass is 10.0. The molecule has 4 rings (SSSR count). The van der Waals surface area contributed by atoms with E-state index in [9.17, 15) is 4.79 Å². The second-order valence-corrected chi connectivity index (χ2v) is 7.59. The molecule has 0 radical (unpaired) electrons. The van der Waals surface area contributed by atoms with E-state index in [1.807, 2.05) is 65.7 Å². The molecule has 134 valence electrons. The van der Waals surface area contributed by atoms with E-state index in [0.717, 1.165) is 21.2 Å². The number of ether oxygens (including phenoxy) is 1. The molecule has 0 bridgehead atoms. The van der Waals surface area contributed by atoms with Gasteiger partial charge in [0, 0.05) is 23.4 Å². The Morgan fingerprint density at radius 2 is 2.04 bits per heavy atom. The van der Waals surface area contributed by atoms with E-state index in [4.69, 9.17) is 4.74 Å². The van der Waals surface area contributed by atoms with Crippen molar-refractivity contribution in [3.8, 4) is 0 Å². The van der Waals surface area contributed by atoms with E-state index in [2.05, 4.69) is 20.9 Å². The van der Waals surface area contributed by atoms with Gasteiger partial charge in [-0.05, 0) is 49.2 Å². The fourth-order valence-electron chi connectivity index (χ4n) is 3.43. The van der Waals surface area contributed by atoms with Gasteiger partial charge in [-0.3, -0.25) is 4.79 Å². The minimum absolute atomic E-state index is 0.0516. The second kappa shape index (κ2) is 6.85. The number of carbonyl (C=O) groups excluding carboxylic acids is 1. The number of nitrogens with zero attached hydrogens (tertiary/aromatic N) is 3. The van der Waals surface area contributed by atoms with Crippen molar-refractivity contribution in [2.45, 2.75) is 26.0 Å². The van der Waals surface area contributed by atoms with Crippen molar-refractivity contribution in [2.75, 3.05) is 13.2 Å². The number of aryl methyl sites for hydroxylation is 1. The first kappa shape index (κ1) is 17.2. The van der Waals surface area contributed by atoms with Crippen LogP contribution in [-0.2, 0) is 4.74 Å². The lowest BCUT2D eigenvalue weighted by molar-refractivity contribution is -0.0553. The van der Waals surface area contributed by atoms with E-state index in [1.54, 1.807) is 6.20 Å². The zero-order valence-electron chi connectivity index (χ0n) is 14.7. The van der Waals surface area contributed by atoms with Gasteiger partial charge in [0.25, 0.3) is 5.91 Å². The van der Waals surface area contributed by atoms with Crippen LogP contribution in [0.15, 0.2) is 53.3 Å². The number of halogens is 1. The Labute approximate surface area is 160 Å². The molecular formula is C20H20BrN3O2. The Bertz CT molecular complexity index is 951. The molecule has 0 spiro atoms. The van der Waals surface area contributed by atoms with Crippen molar-refractivity contribution < 1.29 is 9.53 Å². The van der Waals surface area contributed by atoms with E-state index < -0.39 is 0 Å². The lowest BCUT2D eigenvalue weighted by Gasteiger charge is -2.39. The van der Waals surface area contributed by atoms with Gasteiger partial charge < -0.3 is 14.0 Å². The number of benzene rings is 1. The summed E-state index contributed by atoms with van der Waals surface area (Å²) in [6.07, 6.45) is 3.59. The van der Waals surface area contributed by atoms with Crippen LogP contribution >= 0.6 is 15.9 Å². The van der Waals surface area contributed by atoms with Crippen molar-refractivity contribution >= 4 is 27.5 Å². The zero-order valence-corrected chi connectivity index (χ0v) is 16.3. The Hall–Kier alpha value is -2.18. The fraction of sp³-hybridized carbons (Fsp3) is 0.300. The van der Waals surface area contributed by atoms with Crippen LogP contribution < -0.4 is 0 Å². The van der Waals surface area contributed by atoms with Crippen molar-refractivity contribution in [3.63, 3.8) is 0 Å². The maximum atomic E-state index is 13.1. The van der Waals surface area contributed by atoms with Crippen LogP contribution in [0.1, 0.15) is 34.6 Å². The Kier molecular flexibility index (Phi) is 4.54. The van der Waals surface area contributed by atoms with E-state index >= 15 is 0 Å². The van der Waals surface area contributed by atoms with Gasteiger partial charge in [0.1, 0.15) is 17.4 Å². The van der Waals surface area contributed by atoms with Crippen molar-refractivity contribution in [1.29, 1.82) is 0 Å². The largest absolute Gasteiger partial charge is 0.370 e. The average Bonchev–Trinajstić information content (AvgIpc) is 3.05. The highest BCUT2D eigenvalue weighted by molar-refractivity contribution is 9.10. The fourth-order valence-corrected chi connectivity index (χ4v) is 3.70. The summed E-state index contributed by atoms with van der Waals surface area (Å²) in [5.41, 5.74) is 3.46. The van der Waals surface area contributed by atoms with Gasteiger partial charge in [0.2, 0.25) is 0 Å². The quantitative estimate of drug-likeness (QED) is 0.637. The molecule has 1 aliphatic heterocycles. The number of aromatic nitrogens is 2. The summed E-state index contributed by atoms with van der Waals surface area (Å²) in [7, 11) is 0. The van der Waals surface area contributed by atoms with Crippen LogP contribution in [0.2, 0.25) is 0 Å². The van der Waals surface area contributed by atoms with Gasteiger partial charge in [-0.25, -0.2) is 4.98 Å². The van der Waals surface area contributed by atoms with Crippen LogP contribution in [0.3, 0.4) is 0 Å². The minimum atomic E-state index is -0.139. The maximum absolute atomic E-state index is 13.1. The third kappa shape index (κ3) is 3.15. The highest BCUT2D eigenvalue weighted by Crippen LogP contribution is 2.30. The number of carbonyl (C=O) groups is 1. The number of amides is 1. The summed E-state index contributed by atoms with van der Waals surface area (Å²) < 4.78 is 8.88. The molecule has 3 heterocycles. The molecule has 26 heavy (non-hydrogen) atoms. The first-order valence-electron chi connectivity index (χ1n) is 8.66. The third-order valence-corrected chi connectivity index (χ3v) is 5.38. The molecule has 1 amide bonds. The van der Waals surface area contributed by atoms with Crippen molar-refractivity contribution in [1.82, 2.24) is 14.3 Å². The molecule has 1 fully saturated rings. The molecule has 0 N–H and O–H groups in total. The predicted octanol–water partition coefficient (Wildman–Crippen LogP) is 4.01. The summed E-state index contributed by atoms with van der Waals surface area (Å²) in [5, 5.41) is 0. The number of imidazole rings is 1. The molecule has 0 unspecified atom stereocenters. The highest BCUT2D eigenvalue weighted by atomic mass is 79.9. The standard InChI is InChI=1S/C20H20BrN3O2/c1-13-7-8-23-12-17(22-18(23)11-13)20(25)24-9-10-26-19(14(24)2)15-3-5-16(21)6-4-15/h3-8,11-12,14,19H,9-10H2,1-2H3/t14-,19+/m0/s1. The number of hydrogen-bond acceptors (Lipinski definition) is 3. The van der Waals surface area contributed by atoms with E-state index in [-0.39, 0.29) is 18.1 Å². The van der Waals surface area contributed by atoms with Crippen LogP contribution in [0.25, 0.3) is 5.65 Å². The number of morpholine rings is 1. The molecule has 2 aromatic heterocycles. The van der Waals surface area contributed by atoms with Crippen molar-refractivity contribution in [3.05, 3.63) is 70.1 Å². The van der Waals surface area contributed by atoms with Gasteiger partial charge in [0.15, 0.2) is 0 Å². The normalized spacial score (nSPS) is 20.5. The highest BCUT2D eigenvalue weighted by Gasteiger charge is 2.34. The van der Waals surface area contributed by atoms with Crippen LogP contribution in [0.4, 0.5) is 0 Å². The van der Waals surface area contributed by atoms with Gasteiger partial charge >= 0.3 is 0 Å². The maximum Gasteiger partial charge on any atom is 0.274 e.